The minimum Gasteiger partial charge on any atom is -0.486 e. The number of ether oxygens (including phenoxy) is 1. The largest absolute Gasteiger partial charge is 0.486 e. The molecule has 0 aliphatic heterocycles. The van der Waals surface area contributed by atoms with Gasteiger partial charge in [-0.05, 0) is 55.8 Å². The number of hydrogen-bond acceptors (Lipinski definition) is 6. The third-order valence-corrected chi connectivity index (χ3v) is 6.23. The van der Waals surface area contributed by atoms with Gasteiger partial charge in [0, 0.05) is 9.35 Å². The summed E-state index contributed by atoms with van der Waals surface area (Å²) in [5.41, 5.74) is 1.99. The number of halogens is 1. The zero-order valence-corrected chi connectivity index (χ0v) is 17.5. The standard InChI is InChI=1S/C20H15BrN4O2S/c1-11-12(2)28-20-17(11)19-23-18(24-25(19)10-22-20)16-8-7-15(27-16)9-26-14-5-3-13(21)4-6-14/h3-8,10H,9H2,1-2H3. The summed E-state index contributed by atoms with van der Waals surface area (Å²) in [6, 6.07) is 11.4. The Morgan fingerprint density at radius 1 is 1.14 bits per heavy atom. The van der Waals surface area contributed by atoms with Gasteiger partial charge < -0.3 is 9.15 Å². The molecule has 0 spiro atoms. The molecule has 0 amide bonds. The molecule has 4 heterocycles. The van der Waals surface area contributed by atoms with Gasteiger partial charge in [0.15, 0.2) is 11.4 Å². The van der Waals surface area contributed by atoms with Gasteiger partial charge in [0.05, 0.1) is 5.39 Å². The zero-order valence-electron chi connectivity index (χ0n) is 15.1. The lowest BCUT2D eigenvalue weighted by Gasteiger charge is -2.03. The van der Waals surface area contributed by atoms with Crippen LogP contribution < -0.4 is 4.74 Å². The average molecular weight is 455 g/mol. The summed E-state index contributed by atoms with van der Waals surface area (Å²) >= 11 is 5.09. The molecule has 0 atom stereocenters. The number of rotatable bonds is 4. The minimum absolute atomic E-state index is 0.337. The maximum Gasteiger partial charge on any atom is 0.217 e. The zero-order chi connectivity index (χ0) is 19.3. The lowest BCUT2D eigenvalue weighted by molar-refractivity contribution is 0.271. The van der Waals surface area contributed by atoms with E-state index < -0.39 is 0 Å². The number of aryl methyl sites for hydroxylation is 2. The van der Waals surface area contributed by atoms with Gasteiger partial charge in [-0.3, -0.25) is 0 Å². The van der Waals surface area contributed by atoms with Gasteiger partial charge in [-0.1, -0.05) is 15.9 Å². The van der Waals surface area contributed by atoms with Crippen LogP contribution in [0.3, 0.4) is 0 Å². The monoisotopic (exact) mass is 454 g/mol. The number of hydrogen-bond donors (Lipinski definition) is 0. The van der Waals surface area contributed by atoms with E-state index in [-0.39, 0.29) is 0 Å². The summed E-state index contributed by atoms with van der Waals surface area (Å²) < 4.78 is 14.4. The normalized spacial score (nSPS) is 11.5. The second kappa shape index (κ2) is 6.72. The maximum absolute atomic E-state index is 5.90. The highest BCUT2D eigenvalue weighted by molar-refractivity contribution is 9.10. The van der Waals surface area contributed by atoms with E-state index in [4.69, 9.17) is 14.1 Å². The molecule has 5 rings (SSSR count). The number of fused-ring (bicyclic) bond motifs is 3. The fourth-order valence-corrected chi connectivity index (χ4v) is 4.27. The quantitative estimate of drug-likeness (QED) is 0.355. The van der Waals surface area contributed by atoms with Gasteiger partial charge in [-0.2, -0.15) is 0 Å². The van der Waals surface area contributed by atoms with Crippen LogP contribution >= 0.6 is 27.3 Å². The Labute approximate surface area is 172 Å². The van der Waals surface area contributed by atoms with E-state index in [0.29, 0.717) is 24.0 Å². The fraction of sp³-hybridized carbons (Fsp3) is 0.150. The number of furan rings is 1. The first-order chi connectivity index (χ1) is 13.6. The van der Waals surface area contributed by atoms with Crippen LogP contribution in [0.2, 0.25) is 0 Å². The first-order valence-electron chi connectivity index (χ1n) is 8.67. The molecule has 28 heavy (non-hydrogen) atoms. The van der Waals surface area contributed by atoms with Crippen LogP contribution in [0.25, 0.3) is 27.4 Å². The molecule has 0 saturated heterocycles. The van der Waals surface area contributed by atoms with Crippen molar-refractivity contribution in [2.75, 3.05) is 0 Å². The molecule has 0 unspecified atom stereocenters. The summed E-state index contributed by atoms with van der Waals surface area (Å²) in [5.74, 6) is 2.63. The lowest BCUT2D eigenvalue weighted by atomic mass is 10.2. The van der Waals surface area contributed by atoms with Gasteiger partial charge in [-0.25, -0.2) is 14.5 Å². The van der Waals surface area contributed by atoms with Crippen LogP contribution in [0, 0.1) is 13.8 Å². The molecule has 0 bridgehead atoms. The molecule has 0 saturated carbocycles. The van der Waals surface area contributed by atoms with Crippen LogP contribution in [-0.2, 0) is 6.61 Å². The van der Waals surface area contributed by atoms with E-state index in [1.165, 1.54) is 10.4 Å². The van der Waals surface area contributed by atoms with Crippen LogP contribution in [0.15, 0.2) is 51.6 Å². The minimum atomic E-state index is 0.337. The fourth-order valence-electron chi connectivity index (χ4n) is 3.01. The number of aromatic nitrogens is 4. The van der Waals surface area contributed by atoms with Crippen LogP contribution in [0.4, 0.5) is 0 Å². The molecule has 0 N–H and O–H groups in total. The van der Waals surface area contributed by atoms with E-state index in [1.807, 2.05) is 36.4 Å². The topological polar surface area (TPSA) is 65.5 Å². The molecular weight excluding hydrogens is 440 g/mol. The van der Waals surface area contributed by atoms with Gasteiger partial charge in [0.25, 0.3) is 0 Å². The highest BCUT2D eigenvalue weighted by atomic mass is 79.9. The average Bonchev–Trinajstić information content (AvgIpc) is 3.39. The highest BCUT2D eigenvalue weighted by Crippen LogP contribution is 2.32. The third kappa shape index (κ3) is 2.98. The number of benzene rings is 1. The lowest BCUT2D eigenvalue weighted by Crippen LogP contribution is -1.93. The van der Waals surface area contributed by atoms with E-state index in [2.05, 4.69) is 39.9 Å². The molecule has 5 aromatic rings. The van der Waals surface area contributed by atoms with Gasteiger partial charge in [0.2, 0.25) is 5.82 Å². The van der Waals surface area contributed by atoms with Gasteiger partial charge in [0.1, 0.15) is 29.3 Å². The summed E-state index contributed by atoms with van der Waals surface area (Å²) in [6.07, 6.45) is 1.70. The molecule has 4 aromatic heterocycles. The van der Waals surface area contributed by atoms with Crippen molar-refractivity contribution in [1.29, 1.82) is 0 Å². The van der Waals surface area contributed by atoms with Crippen molar-refractivity contribution in [1.82, 2.24) is 19.6 Å². The van der Waals surface area contributed by atoms with Crippen LogP contribution in [-0.4, -0.2) is 19.6 Å². The maximum atomic E-state index is 5.90. The first-order valence-corrected chi connectivity index (χ1v) is 10.3. The van der Waals surface area contributed by atoms with Crippen molar-refractivity contribution in [3.63, 3.8) is 0 Å². The van der Waals surface area contributed by atoms with Gasteiger partial charge in [-0.15, -0.1) is 16.4 Å². The van der Waals surface area contributed by atoms with E-state index in [9.17, 15) is 0 Å². The molecule has 140 valence electrons. The van der Waals surface area contributed by atoms with Crippen LogP contribution in [0.1, 0.15) is 16.2 Å². The Balaban J connectivity index is 1.44. The smallest absolute Gasteiger partial charge is 0.217 e. The Bertz CT molecular complexity index is 1300. The molecule has 6 nitrogen and oxygen atoms in total. The first kappa shape index (κ1) is 17.4. The predicted molar refractivity (Wildman–Crippen MR) is 112 cm³/mol. The van der Waals surface area contributed by atoms with E-state index in [0.717, 1.165) is 26.1 Å². The Morgan fingerprint density at radius 2 is 1.96 bits per heavy atom. The number of nitrogens with zero attached hydrogens (tertiary/aromatic N) is 4. The van der Waals surface area contributed by atoms with E-state index >= 15 is 0 Å². The van der Waals surface area contributed by atoms with E-state index in [1.54, 1.807) is 22.2 Å². The van der Waals surface area contributed by atoms with Gasteiger partial charge >= 0.3 is 0 Å². The summed E-state index contributed by atoms with van der Waals surface area (Å²) in [6.45, 7) is 4.53. The van der Waals surface area contributed by atoms with Crippen molar-refractivity contribution in [2.45, 2.75) is 20.5 Å². The van der Waals surface area contributed by atoms with Crippen molar-refractivity contribution in [2.24, 2.45) is 0 Å². The third-order valence-electron chi connectivity index (χ3n) is 4.58. The summed E-state index contributed by atoms with van der Waals surface area (Å²) in [7, 11) is 0. The van der Waals surface area contributed by atoms with Crippen molar-refractivity contribution in [3.05, 3.63) is 63.4 Å². The molecule has 0 radical (unpaired) electrons. The predicted octanol–water partition coefficient (Wildman–Crippen LogP) is 5.56. The molecule has 0 aliphatic carbocycles. The molecule has 0 fully saturated rings. The van der Waals surface area contributed by atoms with Crippen molar-refractivity contribution >= 4 is 43.1 Å². The SMILES string of the molecule is Cc1sc2ncn3nc(-c4ccc(COc5ccc(Br)cc5)o4)nc3c2c1C. The second-order valence-electron chi connectivity index (χ2n) is 6.42. The second-order valence-corrected chi connectivity index (χ2v) is 8.54. The molecule has 0 aliphatic rings. The number of thiophene rings is 1. The molecule has 8 heteroatoms. The molecular formula is C20H15BrN4O2S. The van der Waals surface area contributed by atoms with Crippen LogP contribution in [0.5, 0.6) is 5.75 Å². The summed E-state index contributed by atoms with van der Waals surface area (Å²) in [5, 5.41) is 5.58. The Morgan fingerprint density at radius 3 is 2.79 bits per heavy atom. The highest BCUT2D eigenvalue weighted by Gasteiger charge is 2.16. The Kier molecular flexibility index (Phi) is 4.17. The van der Waals surface area contributed by atoms with Crippen molar-refractivity contribution < 1.29 is 9.15 Å². The summed E-state index contributed by atoms with van der Waals surface area (Å²) in [4.78, 5) is 11.4. The Hall–Kier alpha value is -2.71. The van der Waals surface area contributed by atoms with Crippen molar-refractivity contribution in [3.8, 4) is 17.3 Å². The molecule has 1 aromatic carbocycles.